The van der Waals surface area contributed by atoms with Crippen molar-refractivity contribution in [3.63, 3.8) is 0 Å². The lowest BCUT2D eigenvalue weighted by Gasteiger charge is -2.13. The minimum Gasteiger partial charge on any atom is -0.320 e. The Labute approximate surface area is 198 Å². The number of hydrogen-bond donors (Lipinski definition) is 2. The van der Waals surface area contributed by atoms with Crippen molar-refractivity contribution in [3.05, 3.63) is 93.5 Å². The molecule has 33 heavy (non-hydrogen) atoms. The first-order valence-corrected chi connectivity index (χ1v) is 10.5. The fourth-order valence-electron chi connectivity index (χ4n) is 2.95. The molecule has 3 aromatic carbocycles. The van der Waals surface area contributed by atoms with Crippen LogP contribution in [-0.4, -0.2) is 23.5 Å². The Bertz CT molecular complexity index is 1200. The van der Waals surface area contributed by atoms with E-state index in [1.165, 1.54) is 24.3 Å². The van der Waals surface area contributed by atoms with Crippen molar-refractivity contribution >= 4 is 51.9 Å². The second-order valence-corrected chi connectivity index (χ2v) is 7.94. The fraction of sp³-hybridized carbons (Fsp3) is 0.125. The Morgan fingerprint density at radius 1 is 0.939 bits per heavy atom. The molecule has 1 amide bonds. The van der Waals surface area contributed by atoms with Gasteiger partial charge in [0, 0.05) is 12.0 Å². The largest absolute Gasteiger partial charge is 0.429 e. The molecule has 3 aromatic rings. The number of anilines is 1. The number of carbonyl (C=O) groups excluding carboxylic acids is 1. The van der Waals surface area contributed by atoms with Crippen LogP contribution in [0.5, 0.6) is 0 Å². The summed E-state index contributed by atoms with van der Waals surface area (Å²) in [7, 11) is 0. The summed E-state index contributed by atoms with van der Waals surface area (Å²) < 4.78 is 39.0. The summed E-state index contributed by atoms with van der Waals surface area (Å²) in [4.78, 5) is 16.9. The lowest BCUT2D eigenvalue weighted by Crippen LogP contribution is -2.25. The van der Waals surface area contributed by atoms with Gasteiger partial charge in [-0.05, 0) is 48.4 Å². The van der Waals surface area contributed by atoms with Gasteiger partial charge in [0.05, 0.1) is 27.1 Å². The zero-order valence-corrected chi connectivity index (χ0v) is 18.8. The second-order valence-electron chi connectivity index (χ2n) is 7.13. The normalized spacial score (nSPS) is 11.9. The number of para-hydroxylation sites is 2. The Kier molecular flexibility index (Phi) is 7.56. The highest BCUT2D eigenvalue weighted by Gasteiger charge is 2.35. The van der Waals surface area contributed by atoms with E-state index in [2.05, 4.69) is 10.3 Å². The van der Waals surface area contributed by atoms with E-state index in [0.29, 0.717) is 16.3 Å². The van der Waals surface area contributed by atoms with Crippen molar-refractivity contribution in [1.29, 1.82) is 5.41 Å². The predicted molar refractivity (Wildman–Crippen MR) is 127 cm³/mol. The van der Waals surface area contributed by atoms with Gasteiger partial charge in [0.1, 0.15) is 5.71 Å². The van der Waals surface area contributed by atoms with E-state index in [1.54, 1.807) is 49.4 Å². The molecule has 0 saturated heterocycles. The Morgan fingerprint density at radius 2 is 1.55 bits per heavy atom. The maximum absolute atomic E-state index is 13.0. The third kappa shape index (κ3) is 6.21. The highest BCUT2D eigenvalue weighted by molar-refractivity contribution is 6.34. The van der Waals surface area contributed by atoms with Crippen LogP contribution in [0.2, 0.25) is 10.0 Å². The standard InChI is InChI=1S/C24H18Cl2F3N3O/c1-14-5-4-7-18(26)22(14)32-23(33)16-11-9-15(10-12-16)20(13-21(30)24(27,28)29)31-19-8-3-2-6-17(19)25/h2-12,30H,13H2,1H3,(H,32,33). The molecule has 0 saturated carbocycles. The summed E-state index contributed by atoms with van der Waals surface area (Å²) in [6.45, 7) is 1.80. The van der Waals surface area contributed by atoms with E-state index in [1.807, 2.05) is 0 Å². The van der Waals surface area contributed by atoms with Crippen LogP contribution in [0.1, 0.15) is 27.9 Å². The van der Waals surface area contributed by atoms with Gasteiger partial charge in [0.25, 0.3) is 5.91 Å². The van der Waals surface area contributed by atoms with Crippen molar-refractivity contribution in [3.8, 4) is 0 Å². The quantitative estimate of drug-likeness (QED) is 0.341. The zero-order chi connectivity index (χ0) is 24.2. The Morgan fingerprint density at radius 3 is 2.15 bits per heavy atom. The Balaban J connectivity index is 1.91. The molecule has 9 heteroatoms. The van der Waals surface area contributed by atoms with Gasteiger partial charge in [-0.2, -0.15) is 13.2 Å². The SMILES string of the molecule is Cc1cccc(Cl)c1NC(=O)c1ccc(C(CC(=N)C(F)(F)F)=Nc2ccccc2Cl)cc1. The summed E-state index contributed by atoms with van der Waals surface area (Å²) in [5.74, 6) is -0.426. The van der Waals surface area contributed by atoms with Crippen LogP contribution in [0.4, 0.5) is 24.5 Å². The van der Waals surface area contributed by atoms with Gasteiger partial charge in [-0.25, -0.2) is 0 Å². The summed E-state index contributed by atoms with van der Waals surface area (Å²) in [6, 6.07) is 17.6. The number of carbonyl (C=O) groups is 1. The van der Waals surface area contributed by atoms with Crippen molar-refractivity contribution in [2.24, 2.45) is 4.99 Å². The average Bonchev–Trinajstić information content (AvgIpc) is 2.76. The van der Waals surface area contributed by atoms with E-state index in [4.69, 9.17) is 28.6 Å². The maximum atomic E-state index is 13.0. The molecule has 0 aliphatic heterocycles. The topological polar surface area (TPSA) is 65.3 Å². The molecule has 0 fully saturated rings. The van der Waals surface area contributed by atoms with E-state index < -0.39 is 24.2 Å². The number of alkyl halides is 3. The van der Waals surface area contributed by atoms with Crippen LogP contribution < -0.4 is 5.32 Å². The zero-order valence-electron chi connectivity index (χ0n) is 17.3. The molecule has 0 spiro atoms. The number of nitrogens with zero attached hydrogens (tertiary/aromatic N) is 1. The summed E-state index contributed by atoms with van der Waals surface area (Å²) in [6.07, 6.45) is -5.53. The van der Waals surface area contributed by atoms with E-state index >= 15 is 0 Å². The van der Waals surface area contributed by atoms with Gasteiger partial charge in [-0.15, -0.1) is 0 Å². The summed E-state index contributed by atoms with van der Waals surface area (Å²) >= 11 is 12.3. The van der Waals surface area contributed by atoms with Crippen molar-refractivity contribution in [2.45, 2.75) is 19.5 Å². The van der Waals surface area contributed by atoms with Gasteiger partial charge < -0.3 is 10.7 Å². The third-order valence-corrected chi connectivity index (χ3v) is 5.37. The number of aryl methyl sites for hydroxylation is 1. The molecule has 4 nitrogen and oxygen atoms in total. The van der Waals surface area contributed by atoms with Gasteiger partial charge in [0.2, 0.25) is 0 Å². The van der Waals surface area contributed by atoms with Gasteiger partial charge >= 0.3 is 6.18 Å². The third-order valence-electron chi connectivity index (χ3n) is 4.74. The first-order valence-electron chi connectivity index (χ1n) is 9.70. The van der Waals surface area contributed by atoms with Crippen LogP contribution in [0.3, 0.4) is 0 Å². The highest BCUT2D eigenvalue weighted by Crippen LogP contribution is 2.28. The molecule has 0 radical (unpaired) electrons. The molecule has 0 aliphatic carbocycles. The summed E-state index contributed by atoms with van der Waals surface area (Å²) in [5, 5.41) is 10.8. The van der Waals surface area contributed by atoms with Gasteiger partial charge in [-0.1, -0.05) is 59.6 Å². The van der Waals surface area contributed by atoms with Crippen molar-refractivity contribution in [1.82, 2.24) is 0 Å². The monoisotopic (exact) mass is 491 g/mol. The molecule has 0 aromatic heterocycles. The molecule has 2 N–H and O–H groups in total. The van der Waals surface area contributed by atoms with Crippen LogP contribution >= 0.6 is 23.2 Å². The van der Waals surface area contributed by atoms with E-state index in [-0.39, 0.29) is 22.0 Å². The van der Waals surface area contributed by atoms with E-state index in [9.17, 15) is 18.0 Å². The highest BCUT2D eigenvalue weighted by atomic mass is 35.5. The molecule has 3 rings (SSSR count). The number of aliphatic imine (C=N–C) groups is 1. The first kappa shape index (κ1) is 24.5. The van der Waals surface area contributed by atoms with Crippen LogP contribution in [-0.2, 0) is 0 Å². The lowest BCUT2D eigenvalue weighted by atomic mass is 10.0. The number of hydrogen-bond acceptors (Lipinski definition) is 3. The second kappa shape index (κ2) is 10.2. The van der Waals surface area contributed by atoms with E-state index in [0.717, 1.165) is 5.56 Å². The van der Waals surface area contributed by atoms with Crippen molar-refractivity contribution in [2.75, 3.05) is 5.32 Å². The number of halogens is 5. The number of benzene rings is 3. The molecule has 0 heterocycles. The number of amides is 1. The van der Waals surface area contributed by atoms with Crippen molar-refractivity contribution < 1.29 is 18.0 Å². The number of nitrogens with one attached hydrogen (secondary N) is 2. The average molecular weight is 492 g/mol. The van der Waals surface area contributed by atoms with Crippen LogP contribution in [0.25, 0.3) is 0 Å². The summed E-state index contributed by atoms with van der Waals surface area (Å²) in [5.41, 5.74) is 0.708. The van der Waals surface area contributed by atoms with Crippen LogP contribution in [0, 0.1) is 12.3 Å². The molecule has 170 valence electrons. The minimum atomic E-state index is -4.78. The molecule has 0 unspecified atom stereocenters. The molecule has 0 aliphatic rings. The maximum Gasteiger partial charge on any atom is 0.429 e. The molecule has 0 atom stereocenters. The van der Waals surface area contributed by atoms with Gasteiger partial charge in [0.15, 0.2) is 0 Å². The molecular formula is C24H18Cl2F3N3O. The minimum absolute atomic E-state index is 0.000619. The smallest absolute Gasteiger partial charge is 0.320 e. The predicted octanol–water partition coefficient (Wildman–Crippen LogP) is 7.65. The van der Waals surface area contributed by atoms with Crippen LogP contribution in [0.15, 0.2) is 71.7 Å². The molecular weight excluding hydrogens is 474 g/mol. The van der Waals surface area contributed by atoms with Gasteiger partial charge in [-0.3, -0.25) is 9.79 Å². The lowest BCUT2D eigenvalue weighted by molar-refractivity contribution is -0.0605. The molecule has 0 bridgehead atoms. The first-order chi connectivity index (χ1) is 15.6. The number of rotatable bonds is 6. The Hall–Kier alpha value is -3.16. The fourth-order valence-corrected chi connectivity index (χ4v) is 3.40.